The monoisotopic (exact) mass is 326 g/mol. The topological polar surface area (TPSA) is 65.8 Å². The van der Waals surface area contributed by atoms with Gasteiger partial charge in [0.05, 0.1) is 11.2 Å². The molecule has 0 radical (unpaired) electrons. The molecule has 116 valence electrons. The van der Waals surface area contributed by atoms with Gasteiger partial charge in [0.25, 0.3) is 0 Å². The number of halogens is 1. The highest BCUT2D eigenvalue weighted by Crippen LogP contribution is 2.27. The third kappa shape index (κ3) is 3.73. The van der Waals surface area contributed by atoms with Crippen LogP contribution in [0.1, 0.15) is 0 Å². The van der Waals surface area contributed by atoms with Gasteiger partial charge in [0, 0.05) is 30.2 Å². The van der Waals surface area contributed by atoms with Crippen molar-refractivity contribution in [3.05, 3.63) is 53.8 Å². The van der Waals surface area contributed by atoms with Crippen LogP contribution in [0.5, 0.6) is 0 Å². The van der Waals surface area contributed by atoms with Gasteiger partial charge in [0.1, 0.15) is 12.1 Å². The van der Waals surface area contributed by atoms with Gasteiger partial charge in [-0.1, -0.05) is 22.9 Å². The highest BCUT2D eigenvalue weighted by molar-refractivity contribution is 6.30. The Kier molecular flexibility index (Phi) is 4.34. The number of anilines is 2. The zero-order chi connectivity index (χ0) is 16.2. The van der Waals surface area contributed by atoms with Crippen molar-refractivity contribution in [2.45, 2.75) is 0 Å². The Balaban J connectivity index is 2.00. The molecule has 1 heterocycles. The van der Waals surface area contributed by atoms with E-state index in [0.717, 1.165) is 22.3 Å². The highest BCUT2D eigenvalue weighted by atomic mass is 35.5. The molecule has 0 saturated carbocycles. The Morgan fingerprint density at radius 2 is 1.96 bits per heavy atom. The lowest BCUT2D eigenvalue weighted by atomic mass is 10.2. The molecule has 0 fully saturated rings. The first-order chi connectivity index (χ1) is 11.1. The van der Waals surface area contributed by atoms with Gasteiger partial charge in [-0.2, -0.15) is 0 Å². The molecule has 6 nitrogen and oxygen atoms in total. The minimum Gasteiger partial charge on any atom is -0.340 e. The largest absolute Gasteiger partial charge is 0.340 e. The van der Waals surface area contributed by atoms with E-state index < -0.39 is 0 Å². The molecule has 3 aromatic rings. The fourth-order valence-corrected chi connectivity index (χ4v) is 2.24. The SMILES string of the molecule is CN(C)N=Nc1ccc2ncnc(Nc3cccc(Cl)c3)c2c1. The summed E-state index contributed by atoms with van der Waals surface area (Å²) in [7, 11) is 3.64. The van der Waals surface area contributed by atoms with Gasteiger partial charge in [-0.05, 0) is 36.4 Å². The van der Waals surface area contributed by atoms with Crippen molar-refractivity contribution in [3.8, 4) is 0 Å². The minimum atomic E-state index is 0.661. The van der Waals surface area contributed by atoms with E-state index in [1.165, 1.54) is 6.33 Å². The molecule has 0 spiro atoms. The maximum absolute atomic E-state index is 6.02. The van der Waals surface area contributed by atoms with Crippen LogP contribution in [0.4, 0.5) is 17.2 Å². The molecule has 0 aliphatic rings. The summed E-state index contributed by atoms with van der Waals surface area (Å²) in [4.78, 5) is 8.60. The summed E-state index contributed by atoms with van der Waals surface area (Å²) >= 11 is 6.02. The van der Waals surface area contributed by atoms with Crippen LogP contribution in [0.3, 0.4) is 0 Å². The predicted molar refractivity (Wildman–Crippen MR) is 92.5 cm³/mol. The third-order valence-corrected chi connectivity index (χ3v) is 3.28. The summed E-state index contributed by atoms with van der Waals surface area (Å²) in [5, 5.41) is 14.6. The summed E-state index contributed by atoms with van der Waals surface area (Å²) in [6, 6.07) is 13.1. The molecule has 2 aromatic carbocycles. The summed E-state index contributed by atoms with van der Waals surface area (Å²) in [5.74, 6) is 0.694. The van der Waals surface area contributed by atoms with E-state index in [0.29, 0.717) is 10.8 Å². The van der Waals surface area contributed by atoms with Crippen LogP contribution in [0.15, 0.2) is 59.1 Å². The number of aromatic nitrogens is 2. The lowest BCUT2D eigenvalue weighted by Crippen LogP contribution is -1.99. The van der Waals surface area contributed by atoms with Crippen LogP contribution in [0, 0.1) is 0 Å². The zero-order valence-electron chi connectivity index (χ0n) is 12.7. The number of hydrogen-bond donors (Lipinski definition) is 1. The first kappa shape index (κ1) is 15.2. The molecular weight excluding hydrogens is 312 g/mol. The second-order valence-corrected chi connectivity index (χ2v) is 5.53. The summed E-state index contributed by atoms with van der Waals surface area (Å²) in [6.45, 7) is 0. The first-order valence-corrected chi connectivity index (χ1v) is 7.36. The molecule has 0 aliphatic carbocycles. The van der Waals surface area contributed by atoms with Crippen LogP contribution in [0.2, 0.25) is 5.02 Å². The smallest absolute Gasteiger partial charge is 0.141 e. The molecule has 1 aromatic heterocycles. The maximum atomic E-state index is 6.02. The van der Waals surface area contributed by atoms with E-state index in [1.807, 2.05) is 56.6 Å². The fourth-order valence-electron chi connectivity index (χ4n) is 2.05. The number of nitrogens with zero attached hydrogens (tertiary/aromatic N) is 5. The molecule has 0 unspecified atom stereocenters. The van der Waals surface area contributed by atoms with Crippen molar-refractivity contribution >= 4 is 39.7 Å². The van der Waals surface area contributed by atoms with Crippen molar-refractivity contribution in [1.29, 1.82) is 0 Å². The predicted octanol–water partition coefficient (Wildman–Crippen LogP) is 4.59. The van der Waals surface area contributed by atoms with Crippen molar-refractivity contribution in [2.24, 2.45) is 10.3 Å². The van der Waals surface area contributed by atoms with Gasteiger partial charge < -0.3 is 5.32 Å². The Hall–Kier alpha value is -2.73. The van der Waals surface area contributed by atoms with E-state index in [4.69, 9.17) is 11.6 Å². The lowest BCUT2D eigenvalue weighted by molar-refractivity contribution is 0.408. The Labute approximate surface area is 138 Å². The van der Waals surface area contributed by atoms with Gasteiger partial charge in [0.15, 0.2) is 0 Å². The van der Waals surface area contributed by atoms with E-state index >= 15 is 0 Å². The highest BCUT2D eigenvalue weighted by Gasteiger charge is 2.06. The normalized spacial score (nSPS) is 11.1. The molecule has 0 atom stereocenters. The first-order valence-electron chi connectivity index (χ1n) is 6.98. The second-order valence-electron chi connectivity index (χ2n) is 5.10. The Morgan fingerprint density at radius 3 is 2.74 bits per heavy atom. The van der Waals surface area contributed by atoms with E-state index in [9.17, 15) is 0 Å². The Bertz CT molecular complexity index is 862. The molecular formula is C16H15ClN6. The number of rotatable bonds is 4. The molecule has 7 heteroatoms. The minimum absolute atomic E-state index is 0.661. The summed E-state index contributed by atoms with van der Waals surface area (Å²) in [5.41, 5.74) is 2.42. The second kappa shape index (κ2) is 6.58. The molecule has 1 N–H and O–H groups in total. The average Bonchev–Trinajstić information content (AvgIpc) is 2.53. The van der Waals surface area contributed by atoms with Gasteiger partial charge in [-0.15, -0.1) is 5.11 Å². The van der Waals surface area contributed by atoms with Crippen LogP contribution in [0.25, 0.3) is 10.9 Å². The van der Waals surface area contributed by atoms with Crippen LogP contribution >= 0.6 is 11.6 Å². The van der Waals surface area contributed by atoms with Crippen LogP contribution in [-0.2, 0) is 0 Å². The quantitative estimate of drug-likeness (QED) is 0.562. The summed E-state index contributed by atoms with van der Waals surface area (Å²) < 4.78 is 0. The van der Waals surface area contributed by atoms with Crippen LogP contribution < -0.4 is 5.32 Å². The molecule has 0 saturated heterocycles. The fraction of sp³-hybridized carbons (Fsp3) is 0.125. The van der Waals surface area contributed by atoms with E-state index in [1.54, 1.807) is 5.01 Å². The van der Waals surface area contributed by atoms with Crippen molar-refractivity contribution in [1.82, 2.24) is 15.0 Å². The maximum Gasteiger partial charge on any atom is 0.141 e. The molecule has 0 bridgehead atoms. The number of fused-ring (bicyclic) bond motifs is 1. The molecule has 0 aliphatic heterocycles. The van der Waals surface area contributed by atoms with Crippen LogP contribution in [-0.4, -0.2) is 29.1 Å². The molecule has 3 rings (SSSR count). The van der Waals surface area contributed by atoms with Crippen molar-refractivity contribution in [2.75, 3.05) is 19.4 Å². The molecule has 0 amide bonds. The number of nitrogens with one attached hydrogen (secondary N) is 1. The van der Waals surface area contributed by atoms with Gasteiger partial charge >= 0.3 is 0 Å². The van der Waals surface area contributed by atoms with E-state index in [-0.39, 0.29) is 0 Å². The summed E-state index contributed by atoms with van der Waals surface area (Å²) in [6.07, 6.45) is 1.52. The van der Waals surface area contributed by atoms with Gasteiger partial charge in [-0.3, -0.25) is 5.01 Å². The average molecular weight is 327 g/mol. The van der Waals surface area contributed by atoms with Crippen molar-refractivity contribution < 1.29 is 0 Å². The van der Waals surface area contributed by atoms with Crippen molar-refractivity contribution in [3.63, 3.8) is 0 Å². The number of hydrogen-bond acceptors (Lipinski definition) is 5. The Morgan fingerprint density at radius 1 is 1.09 bits per heavy atom. The zero-order valence-corrected chi connectivity index (χ0v) is 13.5. The number of benzene rings is 2. The third-order valence-electron chi connectivity index (χ3n) is 3.05. The van der Waals surface area contributed by atoms with Gasteiger partial charge in [-0.25, -0.2) is 9.97 Å². The lowest BCUT2D eigenvalue weighted by Gasteiger charge is -2.09. The standard InChI is InChI=1S/C16H15ClN6/c1-23(2)22-21-13-6-7-15-14(9-13)16(19-10-18-15)20-12-5-3-4-11(17)8-12/h3-10H,1-2H3,(H,18,19,20). The molecule has 23 heavy (non-hydrogen) atoms. The van der Waals surface area contributed by atoms with Gasteiger partial charge in [0.2, 0.25) is 0 Å². The van der Waals surface area contributed by atoms with E-state index in [2.05, 4.69) is 25.6 Å².